The molecular formula is C31H55NO. The Hall–Kier alpha value is -1.31. The SMILES string of the molecule is CCCCCCCCCCCCCCCCCCCCCC(=O)Nc1ccccc1C(C)C. The lowest BCUT2D eigenvalue weighted by Crippen LogP contribution is -2.13. The molecule has 0 aliphatic carbocycles. The number of rotatable bonds is 22. The molecular weight excluding hydrogens is 402 g/mol. The van der Waals surface area contributed by atoms with E-state index in [1.807, 2.05) is 18.2 Å². The zero-order valence-corrected chi connectivity index (χ0v) is 22.4. The van der Waals surface area contributed by atoms with E-state index in [0.29, 0.717) is 12.3 Å². The Labute approximate surface area is 206 Å². The van der Waals surface area contributed by atoms with Gasteiger partial charge in [0, 0.05) is 12.1 Å². The summed E-state index contributed by atoms with van der Waals surface area (Å²) < 4.78 is 0. The van der Waals surface area contributed by atoms with Crippen LogP contribution in [0.3, 0.4) is 0 Å². The van der Waals surface area contributed by atoms with E-state index < -0.39 is 0 Å². The molecule has 1 aromatic rings. The van der Waals surface area contributed by atoms with Crippen molar-refractivity contribution in [2.24, 2.45) is 0 Å². The van der Waals surface area contributed by atoms with Crippen LogP contribution in [-0.2, 0) is 4.79 Å². The number of carbonyl (C=O) groups is 1. The van der Waals surface area contributed by atoms with Gasteiger partial charge < -0.3 is 5.32 Å². The van der Waals surface area contributed by atoms with Crippen LogP contribution in [0.4, 0.5) is 5.69 Å². The zero-order valence-electron chi connectivity index (χ0n) is 22.4. The summed E-state index contributed by atoms with van der Waals surface area (Å²) >= 11 is 0. The smallest absolute Gasteiger partial charge is 0.224 e. The molecule has 1 rings (SSSR count). The molecule has 0 heterocycles. The molecule has 0 bridgehead atoms. The molecule has 1 amide bonds. The number of benzene rings is 1. The number of para-hydroxylation sites is 1. The Morgan fingerprint density at radius 3 is 1.45 bits per heavy atom. The van der Waals surface area contributed by atoms with Crippen LogP contribution < -0.4 is 5.32 Å². The highest BCUT2D eigenvalue weighted by Gasteiger charge is 2.08. The predicted molar refractivity (Wildman–Crippen MR) is 147 cm³/mol. The minimum atomic E-state index is 0.162. The third kappa shape index (κ3) is 16.9. The first-order valence-corrected chi connectivity index (χ1v) is 14.5. The summed E-state index contributed by atoms with van der Waals surface area (Å²) in [6.07, 6.45) is 26.9. The number of unbranched alkanes of at least 4 members (excludes halogenated alkanes) is 18. The van der Waals surface area contributed by atoms with Gasteiger partial charge in [0.2, 0.25) is 5.91 Å². The Kier molecular flexibility index (Phi) is 19.1. The summed E-state index contributed by atoms with van der Waals surface area (Å²) in [4.78, 5) is 12.3. The van der Waals surface area contributed by atoms with E-state index in [2.05, 4.69) is 32.2 Å². The van der Waals surface area contributed by atoms with Gasteiger partial charge in [-0.15, -0.1) is 0 Å². The second kappa shape index (κ2) is 21.2. The number of nitrogens with one attached hydrogen (secondary N) is 1. The maximum Gasteiger partial charge on any atom is 0.224 e. The van der Waals surface area contributed by atoms with Crippen molar-refractivity contribution in [2.45, 2.75) is 155 Å². The topological polar surface area (TPSA) is 29.1 Å². The number of hydrogen-bond donors (Lipinski definition) is 1. The first kappa shape index (κ1) is 29.7. The fourth-order valence-electron chi connectivity index (χ4n) is 4.69. The van der Waals surface area contributed by atoms with E-state index in [1.54, 1.807) is 0 Å². The normalized spacial score (nSPS) is 11.3. The van der Waals surface area contributed by atoms with E-state index in [9.17, 15) is 4.79 Å². The van der Waals surface area contributed by atoms with E-state index >= 15 is 0 Å². The highest BCUT2D eigenvalue weighted by molar-refractivity contribution is 5.91. The maximum absolute atomic E-state index is 12.3. The molecule has 0 atom stereocenters. The quantitative estimate of drug-likeness (QED) is 0.172. The predicted octanol–water partition coefficient (Wildman–Crippen LogP) is 10.6. The van der Waals surface area contributed by atoms with E-state index in [4.69, 9.17) is 0 Å². The van der Waals surface area contributed by atoms with Crippen LogP contribution in [0.2, 0.25) is 0 Å². The number of hydrogen-bond acceptors (Lipinski definition) is 1. The standard InChI is InChI=1S/C31H55NO/c1-4-5-6-7-8-9-10-11-12-13-14-15-16-17-18-19-20-21-22-27-31(33)32-30-26-24-23-25-29(30)28(2)3/h23-26,28H,4-22,27H2,1-3H3,(H,32,33). The van der Waals surface area contributed by atoms with Gasteiger partial charge in [-0.2, -0.15) is 0 Å². The molecule has 1 N–H and O–H groups in total. The van der Waals surface area contributed by atoms with Gasteiger partial charge in [0.05, 0.1) is 0 Å². The van der Waals surface area contributed by atoms with Gasteiger partial charge >= 0.3 is 0 Å². The Balaban J connectivity index is 1.83. The molecule has 0 saturated carbocycles. The Bertz CT molecular complexity index is 580. The fourth-order valence-corrected chi connectivity index (χ4v) is 4.69. The van der Waals surface area contributed by atoms with Gasteiger partial charge in [0.15, 0.2) is 0 Å². The molecule has 0 saturated heterocycles. The molecule has 2 heteroatoms. The lowest BCUT2D eigenvalue weighted by molar-refractivity contribution is -0.116. The van der Waals surface area contributed by atoms with E-state index in [-0.39, 0.29) is 5.91 Å². The molecule has 0 aliphatic rings. The zero-order chi connectivity index (χ0) is 24.0. The van der Waals surface area contributed by atoms with Gasteiger partial charge in [0.25, 0.3) is 0 Å². The summed E-state index contributed by atoms with van der Waals surface area (Å²) in [5, 5.41) is 3.11. The summed E-state index contributed by atoms with van der Waals surface area (Å²) in [7, 11) is 0. The summed E-state index contributed by atoms with van der Waals surface area (Å²) in [6, 6.07) is 8.17. The Morgan fingerprint density at radius 2 is 1.03 bits per heavy atom. The second-order valence-corrected chi connectivity index (χ2v) is 10.4. The summed E-state index contributed by atoms with van der Waals surface area (Å²) in [5.74, 6) is 0.589. The number of amides is 1. The van der Waals surface area contributed by atoms with Crippen molar-refractivity contribution in [1.82, 2.24) is 0 Å². The van der Waals surface area contributed by atoms with Crippen molar-refractivity contribution in [3.63, 3.8) is 0 Å². The van der Waals surface area contributed by atoms with Crippen LogP contribution in [0.5, 0.6) is 0 Å². The summed E-state index contributed by atoms with van der Waals surface area (Å²) in [5.41, 5.74) is 2.20. The lowest BCUT2D eigenvalue weighted by atomic mass is 10.0. The molecule has 190 valence electrons. The second-order valence-electron chi connectivity index (χ2n) is 10.4. The third-order valence-corrected chi connectivity index (χ3v) is 6.86. The highest BCUT2D eigenvalue weighted by atomic mass is 16.1. The van der Waals surface area contributed by atoms with Crippen molar-refractivity contribution in [3.05, 3.63) is 29.8 Å². The average molecular weight is 458 g/mol. The van der Waals surface area contributed by atoms with Crippen LogP contribution in [0.25, 0.3) is 0 Å². The number of anilines is 1. The summed E-state index contributed by atoms with van der Waals surface area (Å²) in [6.45, 7) is 6.63. The molecule has 0 spiro atoms. The van der Waals surface area contributed by atoms with Crippen LogP contribution in [0.15, 0.2) is 24.3 Å². The molecule has 0 unspecified atom stereocenters. The first-order valence-electron chi connectivity index (χ1n) is 14.5. The lowest BCUT2D eigenvalue weighted by Gasteiger charge is -2.13. The van der Waals surface area contributed by atoms with Gasteiger partial charge in [-0.1, -0.05) is 155 Å². The first-order chi connectivity index (χ1) is 16.1. The van der Waals surface area contributed by atoms with Crippen molar-refractivity contribution in [3.8, 4) is 0 Å². The monoisotopic (exact) mass is 457 g/mol. The minimum absolute atomic E-state index is 0.162. The third-order valence-electron chi connectivity index (χ3n) is 6.86. The van der Waals surface area contributed by atoms with Gasteiger partial charge in [-0.3, -0.25) is 4.79 Å². The molecule has 1 aromatic carbocycles. The van der Waals surface area contributed by atoms with Crippen LogP contribution in [-0.4, -0.2) is 5.91 Å². The van der Waals surface area contributed by atoms with E-state index in [1.165, 1.54) is 121 Å². The maximum atomic E-state index is 12.3. The van der Waals surface area contributed by atoms with Crippen LogP contribution in [0.1, 0.15) is 161 Å². The largest absolute Gasteiger partial charge is 0.326 e. The molecule has 33 heavy (non-hydrogen) atoms. The minimum Gasteiger partial charge on any atom is -0.326 e. The fraction of sp³-hybridized carbons (Fsp3) is 0.774. The van der Waals surface area contributed by atoms with Crippen molar-refractivity contribution in [2.75, 3.05) is 5.32 Å². The van der Waals surface area contributed by atoms with Crippen molar-refractivity contribution >= 4 is 11.6 Å². The molecule has 2 nitrogen and oxygen atoms in total. The molecule has 0 fully saturated rings. The average Bonchev–Trinajstić information content (AvgIpc) is 2.80. The highest BCUT2D eigenvalue weighted by Crippen LogP contribution is 2.24. The van der Waals surface area contributed by atoms with Gasteiger partial charge in [0.1, 0.15) is 0 Å². The van der Waals surface area contributed by atoms with Gasteiger partial charge in [-0.25, -0.2) is 0 Å². The Morgan fingerprint density at radius 1 is 0.636 bits per heavy atom. The van der Waals surface area contributed by atoms with Crippen LogP contribution in [0, 0.1) is 0 Å². The molecule has 0 aliphatic heterocycles. The molecule has 0 radical (unpaired) electrons. The van der Waals surface area contributed by atoms with Gasteiger partial charge in [-0.05, 0) is 24.0 Å². The number of carbonyl (C=O) groups excluding carboxylic acids is 1. The molecule has 0 aromatic heterocycles. The van der Waals surface area contributed by atoms with Crippen LogP contribution >= 0.6 is 0 Å². The van der Waals surface area contributed by atoms with Crippen molar-refractivity contribution in [1.29, 1.82) is 0 Å². The van der Waals surface area contributed by atoms with E-state index in [0.717, 1.165) is 12.1 Å². The van der Waals surface area contributed by atoms with Crippen molar-refractivity contribution < 1.29 is 4.79 Å².